The van der Waals surface area contributed by atoms with Crippen LogP contribution >= 0.6 is 11.6 Å². The van der Waals surface area contributed by atoms with Gasteiger partial charge in [-0.2, -0.15) is 0 Å². The molecule has 28 heavy (non-hydrogen) atoms. The smallest absolute Gasteiger partial charge is 0.255 e. The largest absolute Gasteiger partial charge is 0.320 e. The van der Waals surface area contributed by atoms with E-state index in [1.165, 1.54) is 0 Å². The van der Waals surface area contributed by atoms with Crippen LogP contribution in [-0.2, 0) is 6.42 Å². The van der Waals surface area contributed by atoms with Gasteiger partial charge in [-0.3, -0.25) is 9.59 Å². The molecule has 3 aromatic carbocycles. The third-order valence-corrected chi connectivity index (χ3v) is 4.47. The summed E-state index contributed by atoms with van der Waals surface area (Å²) in [7, 11) is 0. The zero-order valence-corrected chi connectivity index (χ0v) is 15.9. The number of carbonyl (C=O) groups is 2. The van der Waals surface area contributed by atoms with Crippen molar-refractivity contribution in [3.05, 3.63) is 107 Å². The van der Waals surface area contributed by atoms with Crippen molar-refractivity contribution < 1.29 is 9.59 Å². The molecule has 0 unspecified atom stereocenters. The molecule has 140 valence electrons. The van der Waals surface area contributed by atoms with Crippen LogP contribution in [0.5, 0.6) is 0 Å². The molecule has 0 aliphatic rings. The number of halogens is 1. The second-order valence-corrected chi connectivity index (χ2v) is 6.53. The molecular weight excluding hydrogens is 372 g/mol. The number of carbonyl (C=O) groups excluding carboxylic acids is 2. The van der Waals surface area contributed by atoms with Gasteiger partial charge in [-0.25, -0.2) is 0 Å². The molecule has 0 aromatic heterocycles. The Kier molecular flexibility index (Phi) is 6.25. The van der Waals surface area contributed by atoms with E-state index in [-0.39, 0.29) is 11.8 Å². The van der Waals surface area contributed by atoms with Crippen molar-refractivity contribution in [2.24, 2.45) is 0 Å². The van der Waals surface area contributed by atoms with Crippen LogP contribution in [0.4, 0.5) is 11.4 Å². The summed E-state index contributed by atoms with van der Waals surface area (Å²) in [6, 6.07) is 21.1. The number of amides is 2. The van der Waals surface area contributed by atoms with Crippen LogP contribution in [0.3, 0.4) is 0 Å². The quantitative estimate of drug-likeness (QED) is 0.540. The van der Waals surface area contributed by atoms with Crippen LogP contribution in [-0.4, -0.2) is 11.8 Å². The molecule has 0 saturated heterocycles. The second kappa shape index (κ2) is 9.02. The molecular formula is C23H19ClN2O2. The Balaban J connectivity index is 1.93. The highest BCUT2D eigenvalue weighted by atomic mass is 35.5. The van der Waals surface area contributed by atoms with E-state index in [0.717, 1.165) is 5.56 Å². The highest BCUT2D eigenvalue weighted by Crippen LogP contribution is 2.31. The first-order valence-electron chi connectivity index (χ1n) is 8.74. The van der Waals surface area contributed by atoms with E-state index >= 15 is 0 Å². The van der Waals surface area contributed by atoms with Crippen LogP contribution in [0.2, 0.25) is 5.02 Å². The molecule has 0 fully saturated rings. The lowest BCUT2D eigenvalue weighted by molar-refractivity contribution is 0.101. The first-order valence-corrected chi connectivity index (χ1v) is 9.12. The Bertz CT molecular complexity index is 1000. The van der Waals surface area contributed by atoms with E-state index in [4.69, 9.17) is 11.6 Å². The van der Waals surface area contributed by atoms with Crippen molar-refractivity contribution in [1.82, 2.24) is 0 Å². The van der Waals surface area contributed by atoms with Crippen LogP contribution in [0.1, 0.15) is 26.3 Å². The lowest BCUT2D eigenvalue weighted by Crippen LogP contribution is -2.17. The van der Waals surface area contributed by atoms with Gasteiger partial charge < -0.3 is 10.6 Å². The van der Waals surface area contributed by atoms with Gasteiger partial charge in [-0.05, 0) is 48.4 Å². The van der Waals surface area contributed by atoms with E-state index in [1.54, 1.807) is 66.7 Å². The maximum atomic E-state index is 12.6. The Morgan fingerprint density at radius 2 is 1.29 bits per heavy atom. The van der Waals surface area contributed by atoms with Gasteiger partial charge in [0.25, 0.3) is 11.8 Å². The van der Waals surface area contributed by atoms with Crippen LogP contribution in [0.15, 0.2) is 85.5 Å². The average molecular weight is 391 g/mol. The van der Waals surface area contributed by atoms with E-state index in [0.29, 0.717) is 33.9 Å². The predicted molar refractivity (Wildman–Crippen MR) is 114 cm³/mol. The Morgan fingerprint density at radius 1 is 0.821 bits per heavy atom. The molecule has 2 N–H and O–H groups in total. The van der Waals surface area contributed by atoms with E-state index in [9.17, 15) is 9.59 Å². The highest BCUT2D eigenvalue weighted by Gasteiger charge is 2.15. The summed E-state index contributed by atoms with van der Waals surface area (Å²) in [6.07, 6.45) is 2.27. The van der Waals surface area contributed by atoms with E-state index < -0.39 is 0 Å². The summed E-state index contributed by atoms with van der Waals surface area (Å²) in [6.45, 7) is 3.73. The SMILES string of the molecule is C=CCc1cc(NC(=O)c2ccccc2)c(NC(=O)c2ccccc2)cc1Cl. The van der Waals surface area contributed by atoms with Gasteiger partial charge in [0.05, 0.1) is 11.4 Å². The van der Waals surface area contributed by atoms with Gasteiger partial charge in [0.15, 0.2) is 0 Å². The minimum atomic E-state index is -0.289. The van der Waals surface area contributed by atoms with Crippen molar-refractivity contribution in [2.75, 3.05) is 10.6 Å². The van der Waals surface area contributed by atoms with Crippen molar-refractivity contribution in [1.29, 1.82) is 0 Å². The molecule has 0 spiro atoms. The van der Waals surface area contributed by atoms with Gasteiger partial charge in [0, 0.05) is 16.1 Å². The summed E-state index contributed by atoms with van der Waals surface area (Å²) < 4.78 is 0. The molecule has 3 aromatic rings. The molecule has 0 saturated carbocycles. The van der Waals surface area contributed by atoms with Gasteiger partial charge in [0.2, 0.25) is 0 Å². The monoisotopic (exact) mass is 390 g/mol. The van der Waals surface area contributed by atoms with E-state index in [2.05, 4.69) is 17.2 Å². The normalized spacial score (nSPS) is 10.2. The van der Waals surface area contributed by atoms with Crippen molar-refractivity contribution in [2.45, 2.75) is 6.42 Å². The summed E-state index contributed by atoms with van der Waals surface area (Å²) in [5.74, 6) is -0.564. The van der Waals surface area contributed by atoms with Crippen LogP contribution in [0, 0.1) is 0 Å². The molecule has 0 heterocycles. The summed E-state index contributed by atoms with van der Waals surface area (Å²) >= 11 is 6.35. The number of rotatable bonds is 6. The van der Waals surface area contributed by atoms with E-state index in [1.807, 2.05) is 12.1 Å². The Morgan fingerprint density at radius 3 is 1.75 bits per heavy atom. The van der Waals surface area contributed by atoms with Gasteiger partial charge in [0.1, 0.15) is 0 Å². The molecule has 3 rings (SSSR count). The zero-order valence-electron chi connectivity index (χ0n) is 15.1. The number of allylic oxidation sites excluding steroid dienone is 1. The molecule has 0 aliphatic carbocycles. The van der Waals surface area contributed by atoms with Crippen LogP contribution in [0.25, 0.3) is 0 Å². The maximum Gasteiger partial charge on any atom is 0.255 e. The molecule has 0 bridgehead atoms. The number of anilines is 2. The number of nitrogens with one attached hydrogen (secondary N) is 2. The molecule has 0 atom stereocenters. The zero-order chi connectivity index (χ0) is 19.9. The molecule has 2 amide bonds. The highest BCUT2D eigenvalue weighted by molar-refractivity contribution is 6.32. The molecule has 5 heteroatoms. The summed E-state index contributed by atoms with van der Waals surface area (Å²) in [5.41, 5.74) is 2.73. The molecule has 0 aliphatic heterocycles. The fourth-order valence-corrected chi connectivity index (χ4v) is 2.95. The first-order chi connectivity index (χ1) is 13.6. The minimum Gasteiger partial charge on any atom is -0.320 e. The fourth-order valence-electron chi connectivity index (χ4n) is 2.70. The number of benzene rings is 3. The third kappa shape index (κ3) is 4.67. The van der Waals surface area contributed by atoms with Crippen LogP contribution < -0.4 is 10.6 Å². The van der Waals surface area contributed by atoms with Crippen molar-refractivity contribution in [3.63, 3.8) is 0 Å². The van der Waals surface area contributed by atoms with Crippen molar-refractivity contribution >= 4 is 34.8 Å². The Labute approximate surface area is 168 Å². The maximum absolute atomic E-state index is 12.6. The lowest BCUT2D eigenvalue weighted by Gasteiger charge is -2.15. The van der Waals surface area contributed by atoms with Gasteiger partial charge in [-0.15, -0.1) is 6.58 Å². The lowest BCUT2D eigenvalue weighted by atomic mass is 10.1. The first kappa shape index (κ1) is 19.4. The molecule has 4 nitrogen and oxygen atoms in total. The van der Waals surface area contributed by atoms with Crippen molar-refractivity contribution in [3.8, 4) is 0 Å². The topological polar surface area (TPSA) is 58.2 Å². The third-order valence-electron chi connectivity index (χ3n) is 4.12. The number of hydrogen-bond acceptors (Lipinski definition) is 2. The van der Waals surface area contributed by atoms with Gasteiger partial charge >= 0.3 is 0 Å². The Hall–Kier alpha value is -3.37. The molecule has 0 radical (unpaired) electrons. The average Bonchev–Trinajstić information content (AvgIpc) is 2.72. The summed E-state index contributed by atoms with van der Waals surface area (Å²) in [4.78, 5) is 25.2. The van der Waals surface area contributed by atoms with Gasteiger partial charge in [-0.1, -0.05) is 54.1 Å². The standard InChI is InChI=1S/C23H19ClN2O2/c1-2-9-18-14-20(25-22(27)16-10-5-3-6-11-16)21(15-19(18)24)26-23(28)17-12-7-4-8-13-17/h2-8,10-15H,1,9H2,(H,25,27)(H,26,28). The number of hydrogen-bond donors (Lipinski definition) is 2. The summed E-state index contributed by atoms with van der Waals surface area (Å²) in [5, 5.41) is 6.18. The second-order valence-electron chi connectivity index (χ2n) is 6.12. The fraction of sp³-hybridized carbons (Fsp3) is 0.0435. The minimum absolute atomic E-state index is 0.275. The predicted octanol–water partition coefficient (Wildman–Crippen LogP) is 5.57.